The summed E-state index contributed by atoms with van der Waals surface area (Å²) in [5, 5.41) is -1.80. The largest absolute Gasteiger partial charge is 0.307 e. The van der Waals surface area contributed by atoms with E-state index in [-0.39, 0.29) is 0 Å². The minimum absolute atomic E-state index is 0.429. The molecule has 2 atom stereocenters. The van der Waals surface area contributed by atoms with E-state index >= 15 is 0 Å². The Morgan fingerprint density at radius 1 is 1.54 bits per heavy atom. The molecule has 0 amide bonds. The predicted molar refractivity (Wildman–Crippen MR) is 48.6 cm³/mol. The van der Waals surface area contributed by atoms with E-state index in [1.807, 2.05) is 6.92 Å². The zero-order valence-corrected chi connectivity index (χ0v) is 8.54. The summed E-state index contributed by atoms with van der Waals surface area (Å²) in [5.74, 6) is -1.06. The van der Waals surface area contributed by atoms with E-state index in [1.165, 1.54) is 0 Å². The summed E-state index contributed by atoms with van der Waals surface area (Å²) in [5.41, 5.74) is 5.04. The summed E-state index contributed by atoms with van der Waals surface area (Å²) in [6.45, 7) is 3.47. The number of carbonyl (C=O) groups is 1. The van der Waals surface area contributed by atoms with Gasteiger partial charge in [-0.3, -0.25) is 9.35 Å². The van der Waals surface area contributed by atoms with Crippen LogP contribution in [0.15, 0.2) is 0 Å². The first-order valence-corrected chi connectivity index (χ1v) is 5.56. The van der Waals surface area contributed by atoms with Crippen molar-refractivity contribution in [3.05, 3.63) is 0 Å². The van der Waals surface area contributed by atoms with Gasteiger partial charge in [0.1, 0.15) is 0 Å². The van der Waals surface area contributed by atoms with Gasteiger partial charge in [-0.05, 0) is 6.42 Å². The second-order valence-electron chi connectivity index (χ2n) is 3.03. The van der Waals surface area contributed by atoms with E-state index in [0.717, 1.165) is 6.42 Å². The molecule has 0 aromatic heterocycles. The van der Waals surface area contributed by atoms with E-state index in [4.69, 9.17) is 10.3 Å². The number of carbonyl (C=O) groups excluding carboxylic acids is 1. The highest BCUT2D eigenvalue weighted by Crippen LogP contribution is 2.10. The molecule has 2 unspecified atom stereocenters. The van der Waals surface area contributed by atoms with Crippen LogP contribution in [-0.2, 0) is 14.9 Å². The molecule has 0 heterocycles. The third kappa shape index (κ3) is 3.84. The van der Waals surface area contributed by atoms with Crippen LogP contribution in [0.3, 0.4) is 0 Å². The van der Waals surface area contributed by atoms with Crippen molar-refractivity contribution in [3.63, 3.8) is 0 Å². The van der Waals surface area contributed by atoms with Gasteiger partial charge >= 0.3 is 0 Å². The van der Waals surface area contributed by atoms with Crippen LogP contribution in [0.2, 0.25) is 0 Å². The first-order valence-electron chi connectivity index (χ1n) is 4.06. The Balaban J connectivity index is 4.44. The van der Waals surface area contributed by atoms with Crippen molar-refractivity contribution in [2.45, 2.75) is 32.1 Å². The Morgan fingerprint density at radius 3 is 2.31 bits per heavy atom. The molecule has 0 radical (unpaired) electrons. The summed E-state index contributed by atoms with van der Waals surface area (Å²) < 4.78 is 29.5. The van der Waals surface area contributed by atoms with E-state index in [9.17, 15) is 13.2 Å². The summed E-state index contributed by atoms with van der Waals surface area (Å²) in [6, 6.07) is 0. The SMILES string of the molecule is CCCC(C)C(=O)C(N)S(=O)(=O)O. The van der Waals surface area contributed by atoms with Gasteiger partial charge in [-0.15, -0.1) is 0 Å². The normalized spacial score (nSPS) is 16.6. The third-order valence-corrected chi connectivity index (χ3v) is 2.68. The van der Waals surface area contributed by atoms with Gasteiger partial charge < -0.3 is 5.73 Å². The van der Waals surface area contributed by atoms with Crippen LogP contribution in [0.5, 0.6) is 0 Å². The van der Waals surface area contributed by atoms with Crippen LogP contribution in [0.4, 0.5) is 0 Å². The maximum absolute atomic E-state index is 11.2. The highest BCUT2D eigenvalue weighted by atomic mass is 32.2. The molecule has 0 spiro atoms. The van der Waals surface area contributed by atoms with Gasteiger partial charge in [-0.1, -0.05) is 20.3 Å². The van der Waals surface area contributed by atoms with E-state index in [2.05, 4.69) is 0 Å². The Labute approximate surface area is 78.1 Å². The quantitative estimate of drug-likeness (QED) is 0.629. The molecule has 0 saturated heterocycles. The smallest absolute Gasteiger partial charge is 0.288 e. The zero-order valence-electron chi connectivity index (χ0n) is 7.73. The number of rotatable bonds is 5. The van der Waals surface area contributed by atoms with Crippen molar-refractivity contribution in [1.82, 2.24) is 0 Å². The van der Waals surface area contributed by atoms with Crippen LogP contribution in [0.25, 0.3) is 0 Å². The summed E-state index contributed by atoms with van der Waals surface area (Å²) in [4.78, 5) is 11.2. The van der Waals surface area contributed by atoms with Crippen molar-refractivity contribution in [1.29, 1.82) is 0 Å². The zero-order chi connectivity index (χ0) is 10.6. The van der Waals surface area contributed by atoms with E-state index in [1.54, 1.807) is 6.92 Å². The molecule has 0 fully saturated rings. The van der Waals surface area contributed by atoms with Gasteiger partial charge in [0.25, 0.3) is 10.1 Å². The number of ketones is 1. The molecule has 0 aliphatic heterocycles. The molecule has 0 saturated carbocycles. The summed E-state index contributed by atoms with van der Waals surface area (Å²) in [6.07, 6.45) is 1.34. The molecule has 0 bridgehead atoms. The van der Waals surface area contributed by atoms with Gasteiger partial charge in [-0.2, -0.15) is 8.42 Å². The number of hydrogen-bond donors (Lipinski definition) is 2. The second-order valence-corrected chi connectivity index (χ2v) is 4.57. The highest BCUT2D eigenvalue weighted by Gasteiger charge is 2.29. The molecule has 0 rings (SSSR count). The first-order chi connectivity index (χ1) is 5.80. The summed E-state index contributed by atoms with van der Waals surface area (Å²) in [7, 11) is -4.44. The fraction of sp³-hybridized carbons (Fsp3) is 0.857. The van der Waals surface area contributed by atoms with Crippen LogP contribution >= 0.6 is 0 Å². The Hall–Kier alpha value is -0.460. The number of nitrogens with two attached hydrogens (primary N) is 1. The van der Waals surface area contributed by atoms with Crippen molar-refractivity contribution in [2.75, 3.05) is 0 Å². The van der Waals surface area contributed by atoms with Crippen LogP contribution < -0.4 is 5.73 Å². The fourth-order valence-electron chi connectivity index (χ4n) is 1.00. The lowest BCUT2D eigenvalue weighted by Crippen LogP contribution is -2.41. The van der Waals surface area contributed by atoms with Gasteiger partial charge in [0, 0.05) is 5.92 Å². The van der Waals surface area contributed by atoms with Gasteiger partial charge in [-0.25, -0.2) is 0 Å². The summed E-state index contributed by atoms with van der Waals surface area (Å²) >= 11 is 0. The minimum atomic E-state index is -4.44. The maximum atomic E-state index is 11.2. The standard InChI is InChI=1S/C7H15NO4S/c1-3-4-5(2)6(9)7(8)13(10,11)12/h5,7H,3-4,8H2,1-2H3,(H,10,11,12). The first kappa shape index (κ1) is 12.5. The van der Waals surface area contributed by atoms with Gasteiger partial charge in [0.15, 0.2) is 11.2 Å². The number of Topliss-reactive ketones (excluding diaryl/α,β-unsaturated/α-hetero) is 1. The Morgan fingerprint density at radius 2 is 2.00 bits per heavy atom. The molecule has 0 aromatic rings. The topological polar surface area (TPSA) is 97.5 Å². The molecule has 3 N–H and O–H groups in total. The van der Waals surface area contributed by atoms with Crippen molar-refractivity contribution in [2.24, 2.45) is 11.7 Å². The second kappa shape index (κ2) is 4.69. The lowest BCUT2D eigenvalue weighted by Gasteiger charge is -2.12. The monoisotopic (exact) mass is 209 g/mol. The van der Waals surface area contributed by atoms with Crippen molar-refractivity contribution < 1.29 is 17.8 Å². The molecular formula is C7H15NO4S. The lowest BCUT2D eigenvalue weighted by atomic mass is 10.0. The van der Waals surface area contributed by atoms with Crippen molar-refractivity contribution >= 4 is 15.9 Å². The maximum Gasteiger partial charge on any atom is 0.288 e. The molecule has 6 heteroatoms. The van der Waals surface area contributed by atoms with Gasteiger partial charge in [0.05, 0.1) is 0 Å². The lowest BCUT2D eigenvalue weighted by molar-refractivity contribution is -0.122. The van der Waals surface area contributed by atoms with E-state index < -0.39 is 27.2 Å². The molecule has 5 nitrogen and oxygen atoms in total. The third-order valence-electron chi connectivity index (χ3n) is 1.81. The fourth-order valence-corrected chi connectivity index (χ4v) is 1.53. The van der Waals surface area contributed by atoms with Crippen LogP contribution in [0.1, 0.15) is 26.7 Å². The predicted octanol–water partition coefficient (Wildman–Crippen LogP) is 0.164. The average Bonchev–Trinajstić information content (AvgIpc) is 2.00. The van der Waals surface area contributed by atoms with Crippen molar-refractivity contribution in [3.8, 4) is 0 Å². The average molecular weight is 209 g/mol. The molecule has 0 aliphatic carbocycles. The van der Waals surface area contributed by atoms with Crippen LogP contribution in [-0.4, -0.2) is 24.1 Å². The van der Waals surface area contributed by atoms with Gasteiger partial charge in [0.2, 0.25) is 0 Å². The number of hydrogen-bond acceptors (Lipinski definition) is 4. The minimum Gasteiger partial charge on any atom is -0.307 e. The Bertz CT molecular complexity index is 272. The molecule has 0 aliphatic rings. The van der Waals surface area contributed by atoms with Crippen LogP contribution in [0, 0.1) is 5.92 Å². The molecular weight excluding hydrogens is 194 g/mol. The molecule has 13 heavy (non-hydrogen) atoms. The Kier molecular flexibility index (Phi) is 4.52. The molecule has 0 aromatic carbocycles. The molecule has 78 valence electrons. The van der Waals surface area contributed by atoms with E-state index in [0.29, 0.717) is 6.42 Å². The highest BCUT2D eigenvalue weighted by molar-refractivity contribution is 7.87.